The summed E-state index contributed by atoms with van der Waals surface area (Å²) in [6.07, 6.45) is 1.83. The van der Waals surface area contributed by atoms with E-state index in [9.17, 15) is 5.11 Å². The van der Waals surface area contributed by atoms with Gasteiger partial charge in [-0.2, -0.15) is 0 Å². The number of hydrogen-bond donors (Lipinski definition) is 1. The molecule has 2 atom stereocenters. The van der Waals surface area contributed by atoms with Crippen molar-refractivity contribution in [3.8, 4) is 23.0 Å². The molecule has 0 spiro atoms. The van der Waals surface area contributed by atoms with Crippen molar-refractivity contribution in [1.82, 2.24) is 0 Å². The Hall–Kier alpha value is -2.70. The summed E-state index contributed by atoms with van der Waals surface area (Å²) in [7, 11) is 0. The third-order valence-corrected chi connectivity index (χ3v) is 4.86. The Balaban J connectivity index is 1.40. The van der Waals surface area contributed by atoms with Gasteiger partial charge in [0, 0.05) is 5.92 Å². The molecule has 134 valence electrons. The number of aliphatic hydroxyl groups excluding tert-OH is 1. The van der Waals surface area contributed by atoms with Crippen molar-refractivity contribution >= 4 is 6.08 Å². The molecule has 3 heterocycles. The fourth-order valence-electron chi connectivity index (χ4n) is 3.52. The number of ether oxygens (including phenoxy) is 5. The van der Waals surface area contributed by atoms with Crippen LogP contribution in [0.3, 0.4) is 0 Å². The molecule has 1 saturated heterocycles. The van der Waals surface area contributed by atoms with Gasteiger partial charge in [0.25, 0.3) is 0 Å². The lowest BCUT2D eigenvalue weighted by atomic mass is 9.92. The third-order valence-electron chi connectivity index (χ3n) is 4.86. The van der Waals surface area contributed by atoms with E-state index in [1.807, 2.05) is 42.5 Å². The van der Waals surface area contributed by atoms with Crippen LogP contribution in [-0.2, 0) is 11.2 Å². The Morgan fingerprint density at radius 1 is 0.885 bits per heavy atom. The van der Waals surface area contributed by atoms with Gasteiger partial charge in [0.15, 0.2) is 29.3 Å². The molecule has 5 rings (SSSR count). The van der Waals surface area contributed by atoms with Crippen LogP contribution in [0.15, 0.2) is 42.0 Å². The van der Waals surface area contributed by atoms with Gasteiger partial charge in [0.05, 0.1) is 6.61 Å². The molecule has 2 aromatic rings. The Morgan fingerprint density at radius 3 is 2.38 bits per heavy atom. The molecule has 6 nitrogen and oxygen atoms in total. The molecule has 1 N–H and O–H groups in total. The molecule has 2 aromatic carbocycles. The second-order valence-electron chi connectivity index (χ2n) is 6.53. The minimum atomic E-state index is -0.889. The monoisotopic (exact) mass is 354 g/mol. The summed E-state index contributed by atoms with van der Waals surface area (Å²) < 4.78 is 27.1. The van der Waals surface area contributed by atoms with Gasteiger partial charge in [-0.3, -0.25) is 0 Å². The fraction of sp³-hybridized carbons (Fsp3) is 0.300. The second kappa shape index (κ2) is 6.23. The van der Waals surface area contributed by atoms with Gasteiger partial charge in [0.2, 0.25) is 13.6 Å². The summed E-state index contributed by atoms with van der Waals surface area (Å²) in [4.78, 5) is 0. The molecule has 0 aromatic heterocycles. The van der Waals surface area contributed by atoms with Crippen LogP contribution in [0.4, 0.5) is 0 Å². The van der Waals surface area contributed by atoms with Crippen molar-refractivity contribution in [3.63, 3.8) is 0 Å². The van der Waals surface area contributed by atoms with Gasteiger partial charge in [-0.1, -0.05) is 18.2 Å². The predicted molar refractivity (Wildman–Crippen MR) is 92.3 cm³/mol. The maximum Gasteiger partial charge on any atom is 0.231 e. The van der Waals surface area contributed by atoms with E-state index in [4.69, 9.17) is 23.7 Å². The molecule has 3 aliphatic heterocycles. The van der Waals surface area contributed by atoms with Crippen molar-refractivity contribution in [1.29, 1.82) is 0 Å². The number of benzene rings is 2. The average molecular weight is 354 g/mol. The molecule has 0 aliphatic carbocycles. The second-order valence-corrected chi connectivity index (χ2v) is 6.53. The van der Waals surface area contributed by atoms with Crippen molar-refractivity contribution in [2.45, 2.75) is 12.7 Å². The van der Waals surface area contributed by atoms with Gasteiger partial charge in [-0.05, 0) is 47.4 Å². The van der Waals surface area contributed by atoms with Crippen molar-refractivity contribution in [2.75, 3.05) is 20.2 Å². The first-order chi connectivity index (χ1) is 12.8. The topological polar surface area (TPSA) is 66.4 Å². The highest BCUT2D eigenvalue weighted by Crippen LogP contribution is 2.37. The van der Waals surface area contributed by atoms with Gasteiger partial charge < -0.3 is 28.8 Å². The number of hydrogen-bond acceptors (Lipinski definition) is 6. The molecule has 26 heavy (non-hydrogen) atoms. The van der Waals surface area contributed by atoms with E-state index in [2.05, 4.69) is 0 Å². The first kappa shape index (κ1) is 15.5. The first-order valence-corrected chi connectivity index (χ1v) is 8.55. The quantitative estimate of drug-likeness (QED) is 0.914. The molecule has 0 amide bonds. The number of fused-ring (bicyclic) bond motifs is 2. The SMILES string of the molecule is OC1OCC(Cc2ccc3c(c2)OCO3)C1=Cc1ccc2c(c1)OCO2. The van der Waals surface area contributed by atoms with Gasteiger partial charge in [0.1, 0.15) is 0 Å². The van der Waals surface area contributed by atoms with Crippen LogP contribution < -0.4 is 18.9 Å². The highest BCUT2D eigenvalue weighted by atomic mass is 16.7. The Kier molecular flexibility index (Phi) is 3.72. The van der Waals surface area contributed by atoms with Gasteiger partial charge >= 0.3 is 0 Å². The van der Waals surface area contributed by atoms with Crippen LogP contribution in [-0.4, -0.2) is 31.6 Å². The summed E-state index contributed by atoms with van der Waals surface area (Å²) in [5, 5.41) is 10.3. The van der Waals surface area contributed by atoms with E-state index in [-0.39, 0.29) is 19.5 Å². The van der Waals surface area contributed by atoms with Crippen molar-refractivity contribution < 1.29 is 28.8 Å². The predicted octanol–water partition coefficient (Wildman–Crippen LogP) is 2.73. The van der Waals surface area contributed by atoms with Gasteiger partial charge in [-0.15, -0.1) is 0 Å². The summed E-state index contributed by atoms with van der Waals surface area (Å²) in [5.41, 5.74) is 2.93. The minimum absolute atomic E-state index is 0.0933. The van der Waals surface area contributed by atoms with E-state index in [1.54, 1.807) is 0 Å². The summed E-state index contributed by atoms with van der Waals surface area (Å²) in [5.74, 6) is 3.10. The highest BCUT2D eigenvalue weighted by Gasteiger charge is 2.30. The van der Waals surface area contributed by atoms with Crippen LogP contribution in [0.2, 0.25) is 0 Å². The lowest BCUT2D eigenvalue weighted by molar-refractivity contribution is -0.0408. The van der Waals surface area contributed by atoms with E-state index in [0.717, 1.165) is 46.1 Å². The minimum Gasteiger partial charge on any atom is -0.454 e. The van der Waals surface area contributed by atoms with E-state index < -0.39 is 6.29 Å². The zero-order valence-corrected chi connectivity index (χ0v) is 14.0. The molecule has 1 fully saturated rings. The van der Waals surface area contributed by atoms with Crippen LogP contribution in [0.25, 0.3) is 6.08 Å². The van der Waals surface area contributed by atoms with E-state index in [0.29, 0.717) is 6.61 Å². The highest BCUT2D eigenvalue weighted by molar-refractivity contribution is 5.60. The van der Waals surface area contributed by atoms with E-state index >= 15 is 0 Å². The van der Waals surface area contributed by atoms with Crippen LogP contribution in [0.1, 0.15) is 11.1 Å². The largest absolute Gasteiger partial charge is 0.454 e. The van der Waals surface area contributed by atoms with Crippen LogP contribution in [0, 0.1) is 5.92 Å². The molecule has 0 radical (unpaired) electrons. The van der Waals surface area contributed by atoms with Gasteiger partial charge in [-0.25, -0.2) is 0 Å². The summed E-state index contributed by atoms with van der Waals surface area (Å²) in [6.45, 7) is 0.985. The Morgan fingerprint density at radius 2 is 1.58 bits per heavy atom. The number of aliphatic hydroxyl groups is 1. The Labute approximate surface area is 150 Å². The summed E-state index contributed by atoms with van der Waals surface area (Å²) in [6, 6.07) is 11.7. The van der Waals surface area contributed by atoms with Crippen molar-refractivity contribution in [2.24, 2.45) is 5.92 Å². The smallest absolute Gasteiger partial charge is 0.231 e. The average Bonchev–Trinajstić information content (AvgIpc) is 3.37. The molecule has 2 unspecified atom stereocenters. The number of rotatable bonds is 3. The zero-order chi connectivity index (χ0) is 17.5. The van der Waals surface area contributed by atoms with Crippen LogP contribution >= 0.6 is 0 Å². The van der Waals surface area contributed by atoms with E-state index in [1.165, 1.54) is 0 Å². The lowest BCUT2D eigenvalue weighted by Gasteiger charge is -2.12. The normalized spacial score (nSPS) is 24.4. The Bertz CT molecular complexity index is 875. The maximum atomic E-state index is 10.3. The molecule has 0 saturated carbocycles. The molecule has 0 bridgehead atoms. The fourth-order valence-corrected chi connectivity index (χ4v) is 3.52. The van der Waals surface area contributed by atoms with Crippen molar-refractivity contribution in [3.05, 3.63) is 53.1 Å². The molecule has 6 heteroatoms. The summed E-state index contributed by atoms with van der Waals surface area (Å²) >= 11 is 0. The molecule has 3 aliphatic rings. The standard InChI is InChI=1S/C20H18O6/c21-20-15(6-13-2-4-17-19(8-13)26-11-24-17)14(9-22-20)5-12-1-3-16-18(7-12)25-10-23-16/h1-4,6-8,14,20-21H,5,9-11H2. The molecular weight excluding hydrogens is 336 g/mol. The van der Waals surface area contributed by atoms with Crippen LogP contribution in [0.5, 0.6) is 23.0 Å². The first-order valence-electron chi connectivity index (χ1n) is 8.55. The lowest BCUT2D eigenvalue weighted by Crippen LogP contribution is -2.10. The maximum absolute atomic E-state index is 10.3. The molecular formula is C20H18O6. The third kappa shape index (κ3) is 2.77. The zero-order valence-electron chi connectivity index (χ0n) is 14.0.